The molecule has 1 aliphatic rings. The third kappa shape index (κ3) is 5.00. The van der Waals surface area contributed by atoms with E-state index in [0.717, 1.165) is 11.1 Å². The van der Waals surface area contributed by atoms with Gasteiger partial charge in [-0.3, -0.25) is 9.88 Å². The van der Waals surface area contributed by atoms with Crippen LogP contribution >= 0.6 is 22.6 Å². The van der Waals surface area contributed by atoms with Crippen LogP contribution in [0.2, 0.25) is 0 Å². The van der Waals surface area contributed by atoms with Gasteiger partial charge in [0.1, 0.15) is 20.3 Å². The van der Waals surface area contributed by atoms with Crippen LogP contribution < -0.4 is 0 Å². The molecule has 1 saturated heterocycles. The molecule has 7 nitrogen and oxygen atoms in total. The number of hydrogen-bond donors (Lipinski definition) is 0. The Morgan fingerprint density at radius 2 is 2.06 bits per heavy atom. The van der Waals surface area contributed by atoms with Gasteiger partial charge >= 0.3 is 6.09 Å². The van der Waals surface area contributed by atoms with Crippen molar-refractivity contribution < 1.29 is 18.3 Å². The summed E-state index contributed by atoms with van der Waals surface area (Å²) in [6.45, 7) is 5.92. The van der Waals surface area contributed by atoms with Gasteiger partial charge < -0.3 is 4.74 Å². The molecule has 0 amide bonds. The SMILES string of the molecule is CC(C)(C)OC(=O)n1nc(I)c2nc(-c3cncc(CN4CCC(F)(F)C4)c3)ccc21. The highest BCUT2D eigenvalue weighted by Crippen LogP contribution is 2.29. The normalized spacial score (nSPS) is 16.7. The number of hydrogen-bond acceptors (Lipinski definition) is 6. The molecular weight excluding hydrogens is 519 g/mol. The van der Waals surface area contributed by atoms with Gasteiger partial charge in [0.15, 0.2) is 0 Å². The Hall–Kier alpha value is -2.21. The lowest BCUT2D eigenvalue weighted by Gasteiger charge is -2.19. The summed E-state index contributed by atoms with van der Waals surface area (Å²) in [4.78, 5) is 23.1. The summed E-state index contributed by atoms with van der Waals surface area (Å²) in [6.07, 6.45) is 2.68. The minimum atomic E-state index is -2.62. The molecule has 0 aromatic carbocycles. The number of alkyl halides is 2. The molecule has 10 heteroatoms. The molecule has 3 aromatic rings. The van der Waals surface area contributed by atoms with E-state index in [0.29, 0.717) is 33.5 Å². The zero-order chi connectivity index (χ0) is 22.4. The van der Waals surface area contributed by atoms with E-state index >= 15 is 0 Å². The third-order valence-corrected chi connectivity index (χ3v) is 5.52. The number of likely N-dealkylation sites (tertiary alicyclic amines) is 1. The first kappa shape index (κ1) is 22.0. The van der Waals surface area contributed by atoms with Crippen LogP contribution in [0, 0.1) is 3.70 Å². The van der Waals surface area contributed by atoms with E-state index in [-0.39, 0.29) is 13.0 Å². The van der Waals surface area contributed by atoms with Crippen molar-refractivity contribution in [3.05, 3.63) is 39.9 Å². The average Bonchev–Trinajstić information content (AvgIpc) is 3.19. The summed E-state index contributed by atoms with van der Waals surface area (Å²) in [5.41, 5.74) is 2.76. The second-order valence-corrected chi connectivity index (χ2v) is 9.67. The van der Waals surface area contributed by atoms with Gasteiger partial charge in [-0.2, -0.15) is 9.78 Å². The fourth-order valence-electron chi connectivity index (χ4n) is 3.48. The van der Waals surface area contributed by atoms with Crippen molar-refractivity contribution >= 4 is 39.7 Å². The first-order chi connectivity index (χ1) is 14.5. The first-order valence-corrected chi connectivity index (χ1v) is 10.9. The van der Waals surface area contributed by atoms with Gasteiger partial charge in [-0.25, -0.2) is 18.6 Å². The summed E-state index contributed by atoms with van der Waals surface area (Å²) in [7, 11) is 0. The Bertz CT molecular complexity index is 1140. The zero-order valence-electron chi connectivity index (χ0n) is 17.4. The monoisotopic (exact) mass is 541 g/mol. The van der Waals surface area contributed by atoms with Crippen LogP contribution in [-0.2, 0) is 11.3 Å². The van der Waals surface area contributed by atoms with Crippen molar-refractivity contribution in [1.29, 1.82) is 0 Å². The predicted molar refractivity (Wildman–Crippen MR) is 120 cm³/mol. The van der Waals surface area contributed by atoms with Gasteiger partial charge in [-0.1, -0.05) is 0 Å². The van der Waals surface area contributed by atoms with Crippen molar-refractivity contribution in [3.63, 3.8) is 0 Å². The molecule has 0 saturated carbocycles. The van der Waals surface area contributed by atoms with Crippen molar-refractivity contribution in [1.82, 2.24) is 24.6 Å². The average molecular weight is 541 g/mol. The minimum absolute atomic E-state index is 0.113. The molecule has 31 heavy (non-hydrogen) atoms. The standard InChI is InChI=1S/C21H22F2IN5O2/c1-20(2,3)31-19(30)29-16-5-4-15(26-17(16)18(24)27-29)14-8-13(9-25-10-14)11-28-7-6-21(22,23)12-28/h4-5,8-10H,6-7,11-12H2,1-3H3. The fourth-order valence-corrected chi connectivity index (χ4v) is 4.10. The van der Waals surface area contributed by atoms with E-state index in [2.05, 4.69) is 15.1 Å². The second kappa shape index (κ2) is 8.05. The molecular formula is C21H22F2IN5O2. The van der Waals surface area contributed by atoms with Gasteiger partial charge in [0, 0.05) is 37.5 Å². The van der Waals surface area contributed by atoms with Gasteiger partial charge in [-0.15, -0.1) is 0 Å². The van der Waals surface area contributed by atoms with E-state index in [1.165, 1.54) is 4.68 Å². The van der Waals surface area contributed by atoms with E-state index in [4.69, 9.17) is 4.74 Å². The highest BCUT2D eigenvalue weighted by atomic mass is 127. The maximum absolute atomic E-state index is 13.5. The van der Waals surface area contributed by atoms with Crippen molar-refractivity contribution in [3.8, 4) is 11.3 Å². The number of rotatable bonds is 3. The second-order valence-electron chi connectivity index (χ2n) is 8.65. The summed E-state index contributed by atoms with van der Waals surface area (Å²) in [5.74, 6) is -2.62. The number of carbonyl (C=O) groups excluding carboxylic acids is 1. The van der Waals surface area contributed by atoms with E-state index < -0.39 is 17.6 Å². The quantitative estimate of drug-likeness (QED) is 0.447. The zero-order valence-corrected chi connectivity index (χ0v) is 19.6. The molecule has 0 aliphatic carbocycles. The Kier molecular flexibility index (Phi) is 5.71. The van der Waals surface area contributed by atoms with Gasteiger partial charge in [0.05, 0.1) is 12.2 Å². The fraction of sp³-hybridized carbons (Fsp3) is 0.429. The highest BCUT2D eigenvalue weighted by Gasteiger charge is 2.37. The van der Waals surface area contributed by atoms with Crippen LogP contribution in [0.1, 0.15) is 32.8 Å². The molecule has 1 aliphatic heterocycles. The molecule has 0 bridgehead atoms. The minimum Gasteiger partial charge on any atom is -0.442 e. The van der Waals surface area contributed by atoms with Crippen LogP contribution in [0.4, 0.5) is 13.6 Å². The molecule has 4 rings (SSSR count). The predicted octanol–water partition coefficient (Wildman–Crippen LogP) is 4.72. The van der Waals surface area contributed by atoms with E-state index in [1.54, 1.807) is 50.2 Å². The Morgan fingerprint density at radius 3 is 2.74 bits per heavy atom. The number of fused-ring (bicyclic) bond motifs is 1. The van der Waals surface area contributed by atoms with Crippen molar-refractivity contribution in [2.75, 3.05) is 13.1 Å². The van der Waals surface area contributed by atoms with Crippen LogP contribution in [0.25, 0.3) is 22.3 Å². The Labute approximate surface area is 191 Å². The Morgan fingerprint density at radius 1 is 1.29 bits per heavy atom. The molecule has 4 heterocycles. The van der Waals surface area contributed by atoms with Crippen molar-refractivity contribution in [2.45, 2.75) is 45.3 Å². The van der Waals surface area contributed by atoms with Gasteiger partial charge in [-0.05, 0) is 67.1 Å². The van der Waals surface area contributed by atoms with E-state index in [1.807, 2.05) is 28.7 Å². The molecule has 0 spiro atoms. The van der Waals surface area contributed by atoms with Crippen LogP contribution in [-0.4, -0.2) is 55.4 Å². The molecule has 0 N–H and O–H groups in total. The highest BCUT2D eigenvalue weighted by molar-refractivity contribution is 14.1. The largest absolute Gasteiger partial charge is 0.442 e. The van der Waals surface area contributed by atoms with Crippen LogP contribution in [0.3, 0.4) is 0 Å². The molecule has 3 aromatic heterocycles. The maximum atomic E-state index is 13.5. The number of carbonyl (C=O) groups is 1. The molecule has 0 radical (unpaired) electrons. The summed E-state index contributed by atoms with van der Waals surface area (Å²) in [6, 6.07) is 5.46. The molecule has 164 valence electrons. The van der Waals surface area contributed by atoms with Crippen molar-refractivity contribution in [2.24, 2.45) is 0 Å². The molecule has 1 fully saturated rings. The molecule has 0 atom stereocenters. The Balaban J connectivity index is 1.61. The lowest BCUT2D eigenvalue weighted by molar-refractivity contribution is 0.0115. The summed E-state index contributed by atoms with van der Waals surface area (Å²) < 4.78 is 34.1. The smallest absolute Gasteiger partial charge is 0.435 e. The number of aromatic nitrogens is 4. The number of nitrogens with zero attached hydrogens (tertiary/aromatic N) is 5. The lowest BCUT2D eigenvalue weighted by Crippen LogP contribution is -2.27. The van der Waals surface area contributed by atoms with Gasteiger partial charge in [0.25, 0.3) is 5.92 Å². The van der Waals surface area contributed by atoms with E-state index in [9.17, 15) is 13.6 Å². The lowest BCUT2D eigenvalue weighted by atomic mass is 10.1. The first-order valence-electron chi connectivity index (χ1n) is 9.84. The molecule has 0 unspecified atom stereocenters. The summed E-state index contributed by atoms with van der Waals surface area (Å²) >= 11 is 2.03. The number of pyridine rings is 2. The third-order valence-electron chi connectivity index (χ3n) is 4.80. The van der Waals surface area contributed by atoms with Gasteiger partial charge in [0.2, 0.25) is 0 Å². The number of halogens is 3. The number of ether oxygens (including phenoxy) is 1. The maximum Gasteiger partial charge on any atom is 0.435 e. The summed E-state index contributed by atoms with van der Waals surface area (Å²) in [5, 5.41) is 4.28. The van der Waals surface area contributed by atoms with Crippen LogP contribution in [0.15, 0.2) is 30.6 Å². The topological polar surface area (TPSA) is 73.1 Å². The van der Waals surface area contributed by atoms with Crippen LogP contribution in [0.5, 0.6) is 0 Å².